The molecule has 0 spiro atoms. The Kier molecular flexibility index (Phi) is 2.33. The lowest BCUT2D eigenvalue weighted by atomic mass is 10.3. The van der Waals surface area contributed by atoms with Gasteiger partial charge in [-0.3, -0.25) is 0 Å². The fourth-order valence-electron chi connectivity index (χ4n) is 1.44. The molecule has 72 valence electrons. The van der Waals surface area contributed by atoms with Crippen LogP contribution < -0.4 is 5.73 Å². The second-order valence-corrected chi connectivity index (χ2v) is 3.32. The molecule has 2 rings (SSSR count). The molecule has 1 heterocycles. The summed E-state index contributed by atoms with van der Waals surface area (Å²) in [4.78, 5) is 4.29. The zero-order valence-electron chi connectivity index (χ0n) is 7.98. The van der Waals surface area contributed by atoms with Crippen LogP contribution in [0.5, 0.6) is 0 Å². The molecule has 3 heteroatoms. The van der Waals surface area contributed by atoms with Gasteiger partial charge in [-0.1, -0.05) is 18.7 Å². The van der Waals surface area contributed by atoms with E-state index in [4.69, 9.17) is 5.73 Å². The summed E-state index contributed by atoms with van der Waals surface area (Å²) < 4.78 is 2.06. The highest BCUT2D eigenvalue weighted by Crippen LogP contribution is 2.12. The first kappa shape index (κ1) is 8.97. The summed E-state index contributed by atoms with van der Waals surface area (Å²) in [6.07, 6.45) is 1.82. The standard InChI is InChI=1S/C11H13N3/c1-9(6-12)7-14-8-13-10-4-2-3-5-11(10)14/h2-5,8H,1,6-7,12H2. The van der Waals surface area contributed by atoms with Crippen LogP contribution in [0.1, 0.15) is 0 Å². The topological polar surface area (TPSA) is 43.8 Å². The molecule has 2 aromatic rings. The van der Waals surface area contributed by atoms with Crippen LogP contribution in [0, 0.1) is 0 Å². The van der Waals surface area contributed by atoms with Gasteiger partial charge >= 0.3 is 0 Å². The lowest BCUT2D eigenvalue weighted by Gasteiger charge is -2.04. The molecule has 0 saturated carbocycles. The number of benzene rings is 1. The maximum absolute atomic E-state index is 5.50. The monoisotopic (exact) mass is 187 g/mol. The molecule has 2 N–H and O–H groups in total. The highest BCUT2D eigenvalue weighted by Gasteiger charge is 2.01. The van der Waals surface area contributed by atoms with Gasteiger partial charge in [-0.2, -0.15) is 0 Å². The minimum Gasteiger partial charge on any atom is -0.327 e. The summed E-state index contributed by atoms with van der Waals surface area (Å²) >= 11 is 0. The van der Waals surface area contributed by atoms with Gasteiger partial charge in [0.05, 0.1) is 17.4 Å². The third kappa shape index (κ3) is 1.54. The Bertz CT molecular complexity index is 456. The van der Waals surface area contributed by atoms with Gasteiger partial charge in [0.2, 0.25) is 0 Å². The van der Waals surface area contributed by atoms with Crippen LogP contribution in [0.25, 0.3) is 11.0 Å². The number of para-hydroxylation sites is 2. The Morgan fingerprint density at radius 2 is 2.21 bits per heavy atom. The Labute approximate surface area is 82.9 Å². The van der Waals surface area contributed by atoms with Gasteiger partial charge in [0.25, 0.3) is 0 Å². The second kappa shape index (κ2) is 3.64. The fourth-order valence-corrected chi connectivity index (χ4v) is 1.44. The van der Waals surface area contributed by atoms with E-state index >= 15 is 0 Å². The van der Waals surface area contributed by atoms with E-state index in [1.54, 1.807) is 0 Å². The van der Waals surface area contributed by atoms with Crippen molar-refractivity contribution in [2.75, 3.05) is 6.54 Å². The van der Waals surface area contributed by atoms with Gasteiger partial charge in [0.15, 0.2) is 0 Å². The molecule has 0 saturated heterocycles. The molecule has 14 heavy (non-hydrogen) atoms. The largest absolute Gasteiger partial charge is 0.327 e. The summed E-state index contributed by atoms with van der Waals surface area (Å²) in [5, 5.41) is 0. The van der Waals surface area contributed by atoms with Gasteiger partial charge in [-0.15, -0.1) is 0 Å². The molecule has 1 aromatic carbocycles. The summed E-state index contributed by atoms with van der Waals surface area (Å²) in [5.74, 6) is 0. The third-order valence-corrected chi connectivity index (χ3v) is 2.21. The van der Waals surface area contributed by atoms with Crippen LogP contribution in [0.4, 0.5) is 0 Å². The van der Waals surface area contributed by atoms with E-state index in [2.05, 4.69) is 16.1 Å². The number of fused-ring (bicyclic) bond motifs is 1. The molecule has 0 bridgehead atoms. The van der Waals surface area contributed by atoms with Crippen molar-refractivity contribution in [3.05, 3.63) is 42.7 Å². The van der Waals surface area contributed by atoms with Crippen molar-refractivity contribution in [1.82, 2.24) is 9.55 Å². The van der Waals surface area contributed by atoms with Crippen molar-refractivity contribution in [3.63, 3.8) is 0 Å². The highest BCUT2D eigenvalue weighted by molar-refractivity contribution is 5.74. The zero-order chi connectivity index (χ0) is 9.97. The van der Waals surface area contributed by atoms with Crippen molar-refractivity contribution in [1.29, 1.82) is 0 Å². The average Bonchev–Trinajstić information content (AvgIpc) is 2.62. The van der Waals surface area contributed by atoms with E-state index < -0.39 is 0 Å². The molecule has 0 radical (unpaired) electrons. The van der Waals surface area contributed by atoms with E-state index in [1.807, 2.05) is 30.6 Å². The lowest BCUT2D eigenvalue weighted by molar-refractivity contribution is 0.792. The Morgan fingerprint density at radius 1 is 1.43 bits per heavy atom. The first-order valence-electron chi connectivity index (χ1n) is 4.58. The molecular weight excluding hydrogens is 174 g/mol. The van der Waals surface area contributed by atoms with Crippen molar-refractivity contribution in [3.8, 4) is 0 Å². The average molecular weight is 187 g/mol. The quantitative estimate of drug-likeness (QED) is 0.741. The Hall–Kier alpha value is -1.61. The highest BCUT2D eigenvalue weighted by atomic mass is 15.0. The molecule has 0 amide bonds. The molecule has 0 aliphatic rings. The zero-order valence-corrected chi connectivity index (χ0v) is 7.98. The normalized spacial score (nSPS) is 10.6. The van der Waals surface area contributed by atoms with E-state index in [0.29, 0.717) is 6.54 Å². The van der Waals surface area contributed by atoms with Gasteiger partial charge < -0.3 is 10.3 Å². The van der Waals surface area contributed by atoms with Crippen LogP contribution >= 0.6 is 0 Å². The van der Waals surface area contributed by atoms with Crippen LogP contribution in [0.2, 0.25) is 0 Å². The minimum absolute atomic E-state index is 0.520. The van der Waals surface area contributed by atoms with Crippen LogP contribution in [-0.2, 0) is 6.54 Å². The molecule has 0 aliphatic heterocycles. The molecule has 3 nitrogen and oxygen atoms in total. The molecular formula is C11H13N3. The Morgan fingerprint density at radius 3 is 3.00 bits per heavy atom. The molecule has 1 aromatic heterocycles. The maximum Gasteiger partial charge on any atom is 0.0961 e. The molecule has 0 atom stereocenters. The van der Waals surface area contributed by atoms with Crippen molar-refractivity contribution in [2.24, 2.45) is 5.73 Å². The van der Waals surface area contributed by atoms with Crippen molar-refractivity contribution >= 4 is 11.0 Å². The number of rotatable bonds is 3. The predicted molar refractivity (Wildman–Crippen MR) is 57.9 cm³/mol. The van der Waals surface area contributed by atoms with E-state index in [1.165, 1.54) is 0 Å². The first-order valence-corrected chi connectivity index (χ1v) is 4.58. The van der Waals surface area contributed by atoms with Crippen LogP contribution in [-0.4, -0.2) is 16.1 Å². The number of hydrogen-bond acceptors (Lipinski definition) is 2. The number of imidazole rings is 1. The second-order valence-electron chi connectivity index (χ2n) is 3.32. The summed E-state index contributed by atoms with van der Waals surface area (Å²) in [7, 11) is 0. The molecule has 0 aliphatic carbocycles. The maximum atomic E-state index is 5.50. The van der Waals surface area contributed by atoms with Gasteiger partial charge in [0, 0.05) is 13.1 Å². The number of hydrogen-bond donors (Lipinski definition) is 1. The SMILES string of the molecule is C=C(CN)Cn1cnc2ccccc21. The van der Waals surface area contributed by atoms with Gasteiger partial charge in [0.1, 0.15) is 0 Å². The molecule has 0 unspecified atom stereocenters. The predicted octanol–water partition coefficient (Wildman–Crippen LogP) is 1.55. The third-order valence-electron chi connectivity index (χ3n) is 2.21. The first-order chi connectivity index (χ1) is 6.81. The number of nitrogens with two attached hydrogens (primary N) is 1. The van der Waals surface area contributed by atoms with E-state index in [-0.39, 0.29) is 0 Å². The van der Waals surface area contributed by atoms with Crippen LogP contribution in [0.3, 0.4) is 0 Å². The summed E-state index contributed by atoms with van der Waals surface area (Å²) in [5.41, 5.74) is 8.65. The molecule has 0 fully saturated rings. The van der Waals surface area contributed by atoms with Crippen LogP contribution in [0.15, 0.2) is 42.7 Å². The minimum atomic E-state index is 0.520. The smallest absolute Gasteiger partial charge is 0.0961 e. The van der Waals surface area contributed by atoms with E-state index in [9.17, 15) is 0 Å². The number of aromatic nitrogens is 2. The van der Waals surface area contributed by atoms with Crippen molar-refractivity contribution in [2.45, 2.75) is 6.54 Å². The summed E-state index contributed by atoms with van der Waals surface area (Å²) in [6, 6.07) is 8.03. The van der Waals surface area contributed by atoms with Gasteiger partial charge in [-0.05, 0) is 17.7 Å². The Balaban J connectivity index is 2.38. The van der Waals surface area contributed by atoms with Crippen molar-refractivity contribution < 1.29 is 0 Å². The lowest BCUT2D eigenvalue weighted by Crippen LogP contribution is -2.08. The fraction of sp³-hybridized carbons (Fsp3) is 0.182. The number of nitrogens with zero attached hydrogens (tertiary/aromatic N) is 2. The summed E-state index contributed by atoms with van der Waals surface area (Å²) in [6.45, 7) is 5.15. The van der Waals surface area contributed by atoms with Gasteiger partial charge in [-0.25, -0.2) is 4.98 Å². The van der Waals surface area contributed by atoms with E-state index in [0.717, 1.165) is 23.2 Å².